The van der Waals surface area contributed by atoms with Crippen molar-refractivity contribution in [2.75, 3.05) is 0 Å². The minimum Gasteiger partial charge on any atom is -0.308 e. The molecule has 4 heterocycles. The number of aromatic nitrogens is 5. The van der Waals surface area contributed by atoms with Gasteiger partial charge in [0.25, 0.3) is 0 Å². The highest BCUT2D eigenvalue weighted by molar-refractivity contribution is 6.19. The Bertz CT molecular complexity index is 3160. The Balaban J connectivity index is 1.34. The van der Waals surface area contributed by atoms with Crippen LogP contribution in [0.3, 0.4) is 0 Å². The molecule has 11 aromatic rings. The van der Waals surface area contributed by atoms with Crippen molar-refractivity contribution in [1.29, 1.82) is 5.26 Å². The quantitative estimate of drug-likeness (QED) is 0.193. The Morgan fingerprint density at radius 3 is 1.66 bits per heavy atom. The third-order valence-electron chi connectivity index (χ3n) is 10.2. The molecule has 50 heavy (non-hydrogen) atoms. The Hall–Kier alpha value is -7.10. The van der Waals surface area contributed by atoms with Gasteiger partial charge < -0.3 is 9.13 Å². The van der Waals surface area contributed by atoms with Crippen molar-refractivity contribution in [3.05, 3.63) is 163 Å². The third kappa shape index (κ3) is 3.42. The highest BCUT2D eigenvalue weighted by Gasteiger charge is 2.25. The molecule has 0 saturated carbocycles. The first-order valence-corrected chi connectivity index (χ1v) is 16.7. The standard InChI is InChI=1S/C44H26N6/c45-27-33-38(48-35-19-8-4-15-29(35)30-16-5-9-20-36(30)48)23-12-24-39(33)49-37-21-10-6-17-31(37)32-25-26-41-43(42(32)49)50-40-22-11-7-18-34(40)46-44(50)47(41)28-13-2-1-3-14-28/h1-26H. The van der Waals surface area contributed by atoms with Crippen molar-refractivity contribution < 1.29 is 0 Å². The van der Waals surface area contributed by atoms with Crippen molar-refractivity contribution >= 4 is 71.5 Å². The fourth-order valence-electron chi connectivity index (χ4n) is 8.20. The number of nitrogens with zero attached hydrogens (tertiary/aromatic N) is 6. The van der Waals surface area contributed by atoms with Crippen LogP contribution in [0.25, 0.3) is 88.5 Å². The van der Waals surface area contributed by atoms with Gasteiger partial charge in [0.1, 0.15) is 11.6 Å². The van der Waals surface area contributed by atoms with Crippen LogP contribution >= 0.6 is 0 Å². The summed E-state index contributed by atoms with van der Waals surface area (Å²) in [6.07, 6.45) is 0. The van der Waals surface area contributed by atoms with Crippen LogP contribution in [0.2, 0.25) is 0 Å². The van der Waals surface area contributed by atoms with Gasteiger partial charge in [-0.15, -0.1) is 0 Å². The van der Waals surface area contributed by atoms with E-state index in [0.717, 1.165) is 88.5 Å². The second-order valence-electron chi connectivity index (χ2n) is 12.7. The maximum Gasteiger partial charge on any atom is 0.220 e. The minimum atomic E-state index is 0.605. The van der Waals surface area contributed by atoms with Gasteiger partial charge in [0.05, 0.1) is 55.5 Å². The van der Waals surface area contributed by atoms with Crippen LogP contribution in [0.15, 0.2) is 158 Å². The van der Waals surface area contributed by atoms with Crippen LogP contribution in [0.1, 0.15) is 5.56 Å². The van der Waals surface area contributed by atoms with Crippen molar-refractivity contribution in [1.82, 2.24) is 23.1 Å². The number of hydrogen-bond acceptors (Lipinski definition) is 2. The zero-order valence-electron chi connectivity index (χ0n) is 26.7. The molecule has 0 unspecified atom stereocenters. The van der Waals surface area contributed by atoms with E-state index in [1.807, 2.05) is 12.1 Å². The number of para-hydroxylation sites is 6. The molecule has 0 aliphatic rings. The molecule has 0 aliphatic carbocycles. The zero-order chi connectivity index (χ0) is 32.9. The van der Waals surface area contributed by atoms with Gasteiger partial charge in [0, 0.05) is 27.2 Å². The van der Waals surface area contributed by atoms with E-state index in [2.05, 4.69) is 170 Å². The molecule has 7 aromatic carbocycles. The van der Waals surface area contributed by atoms with E-state index in [0.29, 0.717) is 5.56 Å². The van der Waals surface area contributed by atoms with E-state index in [1.54, 1.807) is 0 Å². The summed E-state index contributed by atoms with van der Waals surface area (Å²) in [7, 11) is 0. The first-order chi connectivity index (χ1) is 24.8. The van der Waals surface area contributed by atoms with Crippen molar-refractivity contribution in [2.24, 2.45) is 0 Å². The molecule has 0 amide bonds. The second-order valence-corrected chi connectivity index (χ2v) is 12.7. The summed E-state index contributed by atoms with van der Waals surface area (Å²) in [6.45, 7) is 0. The molecule has 4 aromatic heterocycles. The van der Waals surface area contributed by atoms with Crippen molar-refractivity contribution in [2.45, 2.75) is 0 Å². The molecular formula is C44H26N6. The normalized spacial score (nSPS) is 12.0. The van der Waals surface area contributed by atoms with Crippen LogP contribution in [0.5, 0.6) is 0 Å². The average Bonchev–Trinajstić information content (AvgIpc) is 3.90. The van der Waals surface area contributed by atoms with E-state index < -0.39 is 0 Å². The van der Waals surface area contributed by atoms with Crippen LogP contribution in [-0.4, -0.2) is 23.1 Å². The molecule has 0 saturated heterocycles. The molecule has 6 nitrogen and oxygen atoms in total. The molecular weight excluding hydrogens is 613 g/mol. The first-order valence-electron chi connectivity index (χ1n) is 16.7. The maximum absolute atomic E-state index is 11.1. The fraction of sp³-hybridized carbons (Fsp3) is 0. The van der Waals surface area contributed by atoms with Crippen LogP contribution < -0.4 is 0 Å². The Labute approximate surface area is 285 Å². The van der Waals surface area contributed by atoms with Gasteiger partial charge in [-0.3, -0.25) is 8.97 Å². The topological polar surface area (TPSA) is 55.9 Å². The molecule has 0 aliphatic heterocycles. The fourth-order valence-corrected chi connectivity index (χ4v) is 8.20. The number of fused-ring (bicyclic) bond motifs is 12. The highest BCUT2D eigenvalue weighted by Crippen LogP contribution is 2.42. The van der Waals surface area contributed by atoms with E-state index in [-0.39, 0.29) is 0 Å². The lowest BCUT2D eigenvalue weighted by Crippen LogP contribution is -2.04. The smallest absolute Gasteiger partial charge is 0.220 e. The summed E-state index contributed by atoms with van der Waals surface area (Å²) in [5.41, 5.74) is 11.6. The number of rotatable bonds is 3. The van der Waals surface area contributed by atoms with Crippen molar-refractivity contribution in [3.63, 3.8) is 0 Å². The lowest BCUT2D eigenvalue weighted by Gasteiger charge is -2.16. The number of hydrogen-bond donors (Lipinski definition) is 0. The van der Waals surface area contributed by atoms with Gasteiger partial charge in [-0.2, -0.15) is 5.26 Å². The molecule has 11 rings (SSSR count). The molecule has 0 fully saturated rings. The third-order valence-corrected chi connectivity index (χ3v) is 10.2. The van der Waals surface area contributed by atoms with Gasteiger partial charge in [0.2, 0.25) is 5.78 Å². The van der Waals surface area contributed by atoms with E-state index in [4.69, 9.17) is 4.98 Å². The SMILES string of the molecule is N#Cc1c(-n2c3ccccc3c3ccccc32)cccc1-n1c2ccccc2c2ccc3c(c21)n1c2ccccc2nc1n3-c1ccccc1. The van der Waals surface area contributed by atoms with Crippen molar-refractivity contribution in [3.8, 4) is 23.1 Å². The predicted octanol–water partition coefficient (Wildman–Crippen LogP) is 10.5. The maximum atomic E-state index is 11.1. The lowest BCUT2D eigenvalue weighted by atomic mass is 10.1. The summed E-state index contributed by atoms with van der Waals surface area (Å²) in [6, 6.07) is 57.5. The van der Waals surface area contributed by atoms with Gasteiger partial charge in [-0.25, -0.2) is 4.98 Å². The highest BCUT2D eigenvalue weighted by atomic mass is 15.2. The summed E-state index contributed by atoms with van der Waals surface area (Å²) in [5, 5.41) is 15.7. The van der Waals surface area contributed by atoms with E-state index in [9.17, 15) is 5.26 Å². The van der Waals surface area contributed by atoms with Gasteiger partial charge in [0.15, 0.2) is 0 Å². The first kappa shape index (κ1) is 26.9. The molecule has 0 spiro atoms. The van der Waals surface area contributed by atoms with Crippen LogP contribution in [0.4, 0.5) is 0 Å². The zero-order valence-corrected chi connectivity index (χ0v) is 26.7. The van der Waals surface area contributed by atoms with Gasteiger partial charge in [-0.1, -0.05) is 91.0 Å². The summed E-state index contributed by atoms with van der Waals surface area (Å²) >= 11 is 0. The van der Waals surface area contributed by atoms with Gasteiger partial charge in [-0.05, 0) is 66.7 Å². The molecule has 6 heteroatoms. The largest absolute Gasteiger partial charge is 0.308 e. The van der Waals surface area contributed by atoms with Crippen LogP contribution in [-0.2, 0) is 0 Å². The number of benzene rings is 7. The van der Waals surface area contributed by atoms with Crippen LogP contribution in [0, 0.1) is 11.3 Å². The molecule has 232 valence electrons. The predicted molar refractivity (Wildman–Crippen MR) is 203 cm³/mol. The Morgan fingerprint density at radius 2 is 0.980 bits per heavy atom. The number of nitriles is 1. The Kier molecular flexibility index (Phi) is 5.36. The van der Waals surface area contributed by atoms with Gasteiger partial charge >= 0.3 is 0 Å². The minimum absolute atomic E-state index is 0.605. The molecule has 0 radical (unpaired) electrons. The second kappa shape index (κ2) is 9.96. The van der Waals surface area contributed by atoms with E-state index >= 15 is 0 Å². The summed E-state index contributed by atoms with van der Waals surface area (Å²) in [4.78, 5) is 5.19. The number of imidazole rings is 2. The molecule has 0 atom stereocenters. The Morgan fingerprint density at radius 1 is 0.420 bits per heavy atom. The molecule has 0 N–H and O–H groups in total. The lowest BCUT2D eigenvalue weighted by molar-refractivity contribution is 1.11. The monoisotopic (exact) mass is 638 g/mol. The molecule has 0 bridgehead atoms. The average molecular weight is 639 g/mol. The summed E-state index contributed by atoms with van der Waals surface area (Å²) in [5.74, 6) is 0.844. The summed E-state index contributed by atoms with van der Waals surface area (Å²) < 4.78 is 9.07. The van der Waals surface area contributed by atoms with E-state index in [1.165, 1.54) is 0 Å².